The number of fused-ring (bicyclic) bond motifs is 4. The molecule has 42 heavy (non-hydrogen) atoms. The molecule has 3 heterocycles. The van der Waals surface area contributed by atoms with Gasteiger partial charge in [-0.3, -0.25) is 34.6 Å². The predicted octanol–water partition coefficient (Wildman–Crippen LogP) is 1.95. The topological polar surface area (TPSA) is 142 Å². The molecule has 3 N–H and O–H groups in total. The number of carbonyl (C=O) groups is 4. The highest BCUT2D eigenvalue weighted by Crippen LogP contribution is 2.26. The van der Waals surface area contributed by atoms with Crippen LogP contribution in [0.2, 0.25) is 0 Å². The first-order valence-electron chi connectivity index (χ1n) is 14.1. The Morgan fingerprint density at radius 2 is 1.88 bits per heavy atom. The Balaban J connectivity index is 1.74. The predicted molar refractivity (Wildman–Crippen MR) is 157 cm³/mol. The van der Waals surface area contributed by atoms with E-state index in [4.69, 9.17) is 14.5 Å². The van der Waals surface area contributed by atoms with Crippen molar-refractivity contribution in [1.82, 2.24) is 26.2 Å². The highest BCUT2D eigenvalue weighted by molar-refractivity contribution is 5.92. The number of hydrogen-bond acceptors (Lipinski definition) is 9. The van der Waals surface area contributed by atoms with Gasteiger partial charge in [-0.05, 0) is 56.4 Å². The first-order chi connectivity index (χ1) is 19.9. The number of aromatic nitrogens is 1. The van der Waals surface area contributed by atoms with Crippen molar-refractivity contribution in [3.63, 3.8) is 0 Å². The first kappa shape index (κ1) is 30.9. The van der Waals surface area contributed by atoms with Gasteiger partial charge in [0, 0.05) is 26.1 Å². The number of amides is 3. The van der Waals surface area contributed by atoms with Gasteiger partial charge in [-0.2, -0.15) is 0 Å². The van der Waals surface area contributed by atoms with E-state index in [1.54, 1.807) is 53.0 Å². The number of cyclic esters (lactones) is 1. The largest absolute Gasteiger partial charge is 0.451 e. The number of pyridine rings is 1. The normalized spacial score (nSPS) is 27.1. The first-order valence-corrected chi connectivity index (χ1v) is 14.1. The summed E-state index contributed by atoms with van der Waals surface area (Å²) in [7, 11) is 3.18. The summed E-state index contributed by atoms with van der Waals surface area (Å²) in [6.07, 6.45) is 3.46. The summed E-state index contributed by atoms with van der Waals surface area (Å²) in [6, 6.07) is 7.82. The van der Waals surface area contributed by atoms with Gasteiger partial charge in [-0.1, -0.05) is 38.1 Å². The van der Waals surface area contributed by atoms with Crippen LogP contribution in [0.5, 0.6) is 0 Å². The third-order valence-electron chi connectivity index (χ3n) is 7.47. The van der Waals surface area contributed by atoms with Gasteiger partial charge in [0.05, 0.1) is 12.1 Å². The lowest BCUT2D eigenvalue weighted by atomic mass is 9.90. The fraction of sp³-hybridized carbons (Fsp3) is 0.500. The molecule has 0 saturated carbocycles. The Morgan fingerprint density at radius 1 is 1.14 bits per heavy atom. The molecule has 0 aliphatic carbocycles. The summed E-state index contributed by atoms with van der Waals surface area (Å²) in [5.74, 6) is -1.79. The molecule has 1 fully saturated rings. The molecule has 4 atom stereocenters. The summed E-state index contributed by atoms with van der Waals surface area (Å²) in [5.41, 5.74) is 6.11. The zero-order valence-electron chi connectivity index (χ0n) is 25.0. The van der Waals surface area contributed by atoms with Crippen LogP contribution in [0.3, 0.4) is 0 Å². The van der Waals surface area contributed by atoms with Crippen LogP contribution in [0.15, 0.2) is 36.4 Å². The van der Waals surface area contributed by atoms with E-state index in [1.165, 1.54) is 17.1 Å². The van der Waals surface area contributed by atoms with E-state index in [-0.39, 0.29) is 18.4 Å². The number of ether oxygens (including phenoxy) is 2. The molecule has 1 saturated heterocycles. The van der Waals surface area contributed by atoms with Crippen molar-refractivity contribution >= 4 is 46.5 Å². The number of methoxy groups -OCH3 is 1. The summed E-state index contributed by atoms with van der Waals surface area (Å²) in [5, 5.41) is 6.48. The lowest BCUT2D eigenvalue weighted by molar-refractivity contribution is -0.168. The lowest BCUT2D eigenvalue weighted by Gasteiger charge is -2.35. The van der Waals surface area contributed by atoms with Crippen LogP contribution >= 0.6 is 0 Å². The molecule has 5 bridgehead atoms. The summed E-state index contributed by atoms with van der Waals surface area (Å²) < 4.78 is 11.1. The number of nitrogens with one attached hydrogen (secondary N) is 3. The Morgan fingerprint density at radius 3 is 2.60 bits per heavy atom. The molecule has 226 valence electrons. The second-order valence-corrected chi connectivity index (χ2v) is 11.5. The fourth-order valence-electron chi connectivity index (χ4n) is 4.94. The molecule has 3 amide bonds. The van der Waals surface area contributed by atoms with Gasteiger partial charge < -0.3 is 14.8 Å². The summed E-state index contributed by atoms with van der Waals surface area (Å²) in [4.78, 5) is 57.9. The molecular weight excluding hydrogens is 540 g/mol. The van der Waals surface area contributed by atoms with Gasteiger partial charge in [0.15, 0.2) is 6.10 Å². The molecule has 2 aliphatic rings. The van der Waals surface area contributed by atoms with Crippen LogP contribution in [-0.4, -0.2) is 79.2 Å². The van der Waals surface area contributed by atoms with Crippen LogP contribution in [0, 0.1) is 11.3 Å². The van der Waals surface area contributed by atoms with Crippen molar-refractivity contribution in [3.05, 3.63) is 42.0 Å². The molecule has 12 heteroatoms. The van der Waals surface area contributed by atoms with Crippen LogP contribution in [0.25, 0.3) is 17.0 Å². The average molecular weight is 581 g/mol. The molecule has 2 aromatic rings. The lowest BCUT2D eigenvalue weighted by Crippen LogP contribution is -2.62. The Hall–Kier alpha value is -4.03. The maximum atomic E-state index is 13.5. The van der Waals surface area contributed by atoms with Crippen LogP contribution in [0.1, 0.15) is 46.1 Å². The number of benzene rings is 1. The number of anilines is 1. The number of rotatable bonds is 3. The maximum Gasteiger partial charge on any atom is 0.318 e. The Bertz CT molecular complexity index is 1380. The van der Waals surface area contributed by atoms with Crippen molar-refractivity contribution in [2.24, 2.45) is 11.3 Å². The minimum Gasteiger partial charge on any atom is -0.451 e. The third kappa shape index (κ3) is 6.88. The minimum absolute atomic E-state index is 0.0198. The van der Waals surface area contributed by atoms with E-state index in [9.17, 15) is 19.2 Å². The Kier molecular flexibility index (Phi) is 9.47. The number of esters is 1. The van der Waals surface area contributed by atoms with Crippen molar-refractivity contribution in [2.75, 3.05) is 32.3 Å². The van der Waals surface area contributed by atoms with E-state index in [1.807, 2.05) is 24.3 Å². The van der Waals surface area contributed by atoms with Crippen molar-refractivity contribution < 1.29 is 28.7 Å². The van der Waals surface area contributed by atoms with E-state index < -0.39 is 41.4 Å². The van der Waals surface area contributed by atoms with Gasteiger partial charge in [-0.15, -0.1) is 0 Å². The number of nitrogens with zero attached hydrogens (tertiary/aromatic N) is 3. The Labute approximate surface area is 245 Å². The molecule has 0 spiro atoms. The van der Waals surface area contributed by atoms with Crippen molar-refractivity contribution in [3.8, 4) is 0 Å². The maximum absolute atomic E-state index is 13.5. The van der Waals surface area contributed by atoms with Gasteiger partial charge in [0.1, 0.15) is 23.3 Å². The summed E-state index contributed by atoms with van der Waals surface area (Å²) >= 11 is 0. The molecule has 0 radical (unpaired) electrons. The quantitative estimate of drug-likeness (QED) is 0.465. The summed E-state index contributed by atoms with van der Waals surface area (Å²) in [6.45, 7) is 7.15. The van der Waals surface area contributed by atoms with Crippen LogP contribution < -0.4 is 21.2 Å². The number of hydrazine groups is 2. The highest BCUT2D eigenvalue weighted by Gasteiger charge is 2.38. The van der Waals surface area contributed by atoms with E-state index in [2.05, 4.69) is 16.2 Å². The zero-order valence-corrected chi connectivity index (χ0v) is 25.0. The third-order valence-corrected chi connectivity index (χ3v) is 7.47. The molecule has 1 aromatic carbocycles. The fourth-order valence-corrected chi connectivity index (χ4v) is 4.94. The second kappa shape index (κ2) is 12.9. The molecular formula is C30H40N6O6. The minimum atomic E-state index is -1.20. The average Bonchev–Trinajstić information content (AvgIpc) is 2.97. The smallest absolute Gasteiger partial charge is 0.318 e. The van der Waals surface area contributed by atoms with Gasteiger partial charge in [-0.25, -0.2) is 10.4 Å². The van der Waals surface area contributed by atoms with Crippen LogP contribution in [0.4, 0.5) is 5.82 Å². The van der Waals surface area contributed by atoms with Crippen molar-refractivity contribution in [1.29, 1.82) is 0 Å². The van der Waals surface area contributed by atoms with Crippen molar-refractivity contribution in [2.45, 2.75) is 58.7 Å². The van der Waals surface area contributed by atoms with E-state index in [0.29, 0.717) is 30.7 Å². The molecule has 1 aromatic heterocycles. The zero-order chi connectivity index (χ0) is 30.6. The van der Waals surface area contributed by atoms with Gasteiger partial charge in [0.25, 0.3) is 17.7 Å². The van der Waals surface area contributed by atoms with Gasteiger partial charge in [0.2, 0.25) is 0 Å². The second-order valence-electron chi connectivity index (χ2n) is 11.5. The molecule has 2 aliphatic heterocycles. The number of hydrogen-bond donors (Lipinski definition) is 3. The molecule has 12 nitrogen and oxygen atoms in total. The van der Waals surface area contributed by atoms with Crippen LogP contribution in [-0.2, 0) is 28.7 Å². The highest BCUT2D eigenvalue weighted by atomic mass is 16.6. The van der Waals surface area contributed by atoms with E-state index >= 15 is 0 Å². The monoisotopic (exact) mass is 580 g/mol. The van der Waals surface area contributed by atoms with E-state index in [0.717, 1.165) is 10.9 Å². The van der Waals surface area contributed by atoms with Gasteiger partial charge >= 0.3 is 5.97 Å². The standard InChI is InChI=1S/C30H40N6O6/c1-18(2)25-27(38)31-19(3)28(39)36-15-7-8-22(33-36)26(37)34-35(5)24-12-11-21-10-9-20(16-23(21)32-24)13-14-30(4,17-41-6)29(40)42-25/h9-14,16,18-19,22,25,33H,7-8,15,17H2,1-6H3,(H,31,38)(H,34,37)/b14-13+/t19-,22-,25-,30-/m0/s1. The molecule has 0 unspecified atom stereocenters. The SMILES string of the molecule is COC[C@]1(C)/C=C/c2ccc3ccc(nc3c2)N(C)NC(=O)[C@@H]2CCCN(N2)C(=O)[C@H](C)NC(=O)[C@H](C(C)C)OC1=O. The number of carbonyl (C=O) groups excluding carboxylic acids is 4. The molecule has 4 rings (SSSR count).